The standard InChI is InChI=1S/C17H21NO5S/c1-21-15-7-5-4-6-14(15)18-24(19,20)11-10-13-8-9-16(22-2)17(12-13)23-3/h4-9,12,18H,10-11H2,1-3H3. The van der Waals surface area contributed by atoms with Gasteiger partial charge in [0.2, 0.25) is 10.0 Å². The van der Waals surface area contributed by atoms with Crippen molar-refractivity contribution in [2.24, 2.45) is 0 Å². The van der Waals surface area contributed by atoms with Gasteiger partial charge in [0.05, 0.1) is 32.8 Å². The molecule has 0 aliphatic carbocycles. The van der Waals surface area contributed by atoms with Crippen LogP contribution >= 0.6 is 0 Å². The minimum atomic E-state index is -3.50. The average molecular weight is 351 g/mol. The van der Waals surface area contributed by atoms with E-state index in [0.29, 0.717) is 29.4 Å². The number of rotatable bonds is 8. The summed E-state index contributed by atoms with van der Waals surface area (Å²) in [4.78, 5) is 0. The van der Waals surface area contributed by atoms with Gasteiger partial charge < -0.3 is 14.2 Å². The number of hydrogen-bond donors (Lipinski definition) is 1. The third-order valence-electron chi connectivity index (χ3n) is 3.48. The van der Waals surface area contributed by atoms with Gasteiger partial charge in [0.1, 0.15) is 5.75 Å². The molecular weight excluding hydrogens is 330 g/mol. The molecule has 0 aliphatic heterocycles. The van der Waals surface area contributed by atoms with E-state index in [-0.39, 0.29) is 5.75 Å². The lowest BCUT2D eigenvalue weighted by atomic mass is 10.1. The molecule has 0 saturated heterocycles. The SMILES string of the molecule is COc1ccccc1NS(=O)(=O)CCc1ccc(OC)c(OC)c1. The lowest BCUT2D eigenvalue weighted by molar-refractivity contribution is 0.354. The fourth-order valence-electron chi connectivity index (χ4n) is 2.24. The van der Waals surface area contributed by atoms with Crippen molar-refractivity contribution >= 4 is 15.7 Å². The second-order valence-corrected chi connectivity index (χ2v) is 6.90. The number of nitrogens with one attached hydrogen (secondary N) is 1. The Bertz CT molecular complexity index is 789. The molecule has 0 fully saturated rings. The Hall–Kier alpha value is -2.41. The number of methoxy groups -OCH3 is 3. The predicted molar refractivity (Wildman–Crippen MR) is 93.7 cm³/mol. The Balaban J connectivity index is 2.07. The zero-order valence-electron chi connectivity index (χ0n) is 13.9. The molecule has 0 unspecified atom stereocenters. The zero-order chi connectivity index (χ0) is 17.6. The maximum Gasteiger partial charge on any atom is 0.233 e. The van der Waals surface area contributed by atoms with Crippen LogP contribution in [0.1, 0.15) is 5.56 Å². The number of para-hydroxylation sites is 2. The minimum Gasteiger partial charge on any atom is -0.495 e. The lowest BCUT2D eigenvalue weighted by Crippen LogP contribution is -2.18. The lowest BCUT2D eigenvalue weighted by Gasteiger charge is -2.12. The quantitative estimate of drug-likeness (QED) is 0.791. The van der Waals surface area contributed by atoms with Crippen LogP contribution in [0.2, 0.25) is 0 Å². The van der Waals surface area contributed by atoms with E-state index in [0.717, 1.165) is 5.56 Å². The second kappa shape index (κ2) is 7.92. The monoisotopic (exact) mass is 351 g/mol. The summed E-state index contributed by atoms with van der Waals surface area (Å²) in [5, 5.41) is 0. The summed E-state index contributed by atoms with van der Waals surface area (Å²) in [6, 6.07) is 12.2. The Kier molecular flexibility index (Phi) is 5.92. The van der Waals surface area contributed by atoms with Gasteiger partial charge >= 0.3 is 0 Å². The van der Waals surface area contributed by atoms with Crippen LogP contribution in [0, 0.1) is 0 Å². The Morgan fingerprint density at radius 2 is 1.54 bits per heavy atom. The van der Waals surface area contributed by atoms with Gasteiger partial charge in [0.25, 0.3) is 0 Å². The van der Waals surface area contributed by atoms with Crippen molar-refractivity contribution < 1.29 is 22.6 Å². The molecule has 0 atom stereocenters. The van der Waals surface area contributed by atoms with Gasteiger partial charge in [-0.2, -0.15) is 0 Å². The molecule has 7 heteroatoms. The molecule has 24 heavy (non-hydrogen) atoms. The first-order valence-corrected chi connectivity index (χ1v) is 8.98. The number of ether oxygens (including phenoxy) is 3. The number of sulfonamides is 1. The molecule has 1 N–H and O–H groups in total. The van der Waals surface area contributed by atoms with Gasteiger partial charge in [0, 0.05) is 0 Å². The van der Waals surface area contributed by atoms with E-state index in [1.165, 1.54) is 7.11 Å². The van der Waals surface area contributed by atoms with Gasteiger partial charge in [-0.05, 0) is 36.2 Å². The normalized spacial score (nSPS) is 11.0. The van der Waals surface area contributed by atoms with Crippen molar-refractivity contribution in [1.82, 2.24) is 0 Å². The van der Waals surface area contributed by atoms with Gasteiger partial charge in [-0.3, -0.25) is 4.72 Å². The first-order chi connectivity index (χ1) is 11.5. The third-order valence-corrected chi connectivity index (χ3v) is 4.75. The highest BCUT2D eigenvalue weighted by molar-refractivity contribution is 7.92. The molecule has 0 radical (unpaired) electrons. The van der Waals surface area contributed by atoms with Crippen LogP contribution in [-0.2, 0) is 16.4 Å². The Morgan fingerprint density at radius 1 is 0.875 bits per heavy atom. The summed E-state index contributed by atoms with van der Waals surface area (Å²) in [5.41, 5.74) is 1.27. The van der Waals surface area contributed by atoms with Gasteiger partial charge in [0.15, 0.2) is 11.5 Å². The van der Waals surface area contributed by atoms with Crippen molar-refractivity contribution in [1.29, 1.82) is 0 Å². The summed E-state index contributed by atoms with van der Waals surface area (Å²) >= 11 is 0. The van der Waals surface area contributed by atoms with Crippen LogP contribution in [0.4, 0.5) is 5.69 Å². The average Bonchev–Trinajstić information content (AvgIpc) is 2.60. The van der Waals surface area contributed by atoms with E-state index in [1.54, 1.807) is 50.6 Å². The largest absolute Gasteiger partial charge is 0.495 e. The van der Waals surface area contributed by atoms with Crippen molar-refractivity contribution in [3.8, 4) is 17.2 Å². The number of benzene rings is 2. The van der Waals surface area contributed by atoms with E-state index >= 15 is 0 Å². The fraction of sp³-hybridized carbons (Fsp3) is 0.294. The third kappa shape index (κ3) is 4.55. The van der Waals surface area contributed by atoms with Crippen LogP contribution in [-0.4, -0.2) is 35.5 Å². The van der Waals surface area contributed by atoms with Gasteiger partial charge in [-0.1, -0.05) is 18.2 Å². The van der Waals surface area contributed by atoms with E-state index in [1.807, 2.05) is 6.07 Å². The molecule has 0 saturated carbocycles. The van der Waals surface area contributed by atoms with E-state index in [4.69, 9.17) is 14.2 Å². The summed E-state index contributed by atoms with van der Waals surface area (Å²) in [6.45, 7) is 0. The number of hydrogen-bond acceptors (Lipinski definition) is 5. The van der Waals surface area contributed by atoms with Crippen molar-refractivity contribution in [2.45, 2.75) is 6.42 Å². The highest BCUT2D eigenvalue weighted by Crippen LogP contribution is 2.28. The van der Waals surface area contributed by atoms with Crippen molar-refractivity contribution in [2.75, 3.05) is 31.8 Å². The predicted octanol–water partition coefficient (Wildman–Crippen LogP) is 2.70. The topological polar surface area (TPSA) is 73.9 Å². The van der Waals surface area contributed by atoms with Crippen LogP contribution < -0.4 is 18.9 Å². The highest BCUT2D eigenvalue weighted by atomic mass is 32.2. The molecule has 0 amide bonds. The van der Waals surface area contributed by atoms with Crippen LogP contribution in [0.3, 0.4) is 0 Å². The van der Waals surface area contributed by atoms with Crippen molar-refractivity contribution in [3.63, 3.8) is 0 Å². The van der Waals surface area contributed by atoms with E-state index in [2.05, 4.69) is 4.72 Å². The molecule has 6 nitrogen and oxygen atoms in total. The molecular formula is C17H21NO5S. The second-order valence-electron chi connectivity index (χ2n) is 5.06. The first-order valence-electron chi connectivity index (χ1n) is 7.33. The first kappa shape index (κ1) is 17.9. The van der Waals surface area contributed by atoms with E-state index in [9.17, 15) is 8.42 Å². The van der Waals surface area contributed by atoms with E-state index < -0.39 is 10.0 Å². The minimum absolute atomic E-state index is 0.0550. The molecule has 0 heterocycles. The van der Waals surface area contributed by atoms with Crippen molar-refractivity contribution in [3.05, 3.63) is 48.0 Å². The maximum atomic E-state index is 12.3. The molecule has 0 aliphatic rings. The summed E-state index contributed by atoms with van der Waals surface area (Å²) in [5.74, 6) is 1.61. The number of anilines is 1. The Morgan fingerprint density at radius 3 is 2.21 bits per heavy atom. The summed E-state index contributed by atoms with van der Waals surface area (Å²) < 4.78 is 42.7. The Labute approximate surface area is 142 Å². The smallest absolute Gasteiger partial charge is 0.233 e. The maximum absolute atomic E-state index is 12.3. The molecule has 2 aromatic rings. The molecule has 2 rings (SSSR count). The zero-order valence-corrected chi connectivity index (χ0v) is 14.7. The summed E-state index contributed by atoms with van der Waals surface area (Å²) in [6.07, 6.45) is 0.352. The number of aryl methyl sites for hydroxylation is 1. The molecule has 0 bridgehead atoms. The van der Waals surface area contributed by atoms with Crippen LogP contribution in [0.25, 0.3) is 0 Å². The molecule has 0 aromatic heterocycles. The molecule has 0 spiro atoms. The molecule has 2 aromatic carbocycles. The van der Waals surface area contributed by atoms with Gasteiger partial charge in [-0.15, -0.1) is 0 Å². The fourth-order valence-corrected chi connectivity index (χ4v) is 3.35. The summed E-state index contributed by atoms with van der Waals surface area (Å²) in [7, 11) is 1.09. The highest BCUT2D eigenvalue weighted by Gasteiger charge is 2.14. The molecule has 130 valence electrons. The van der Waals surface area contributed by atoms with Crippen LogP contribution in [0.15, 0.2) is 42.5 Å². The van der Waals surface area contributed by atoms with Gasteiger partial charge in [-0.25, -0.2) is 8.42 Å². The van der Waals surface area contributed by atoms with Crippen LogP contribution in [0.5, 0.6) is 17.2 Å².